The average Bonchev–Trinajstić information content (AvgIpc) is 2.74. The number of hydrogen-bond donors (Lipinski definition) is 1. The molecule has 0 aliphatic carbocycles. The van der Waals surface area contributed by atoms with E-state index in [1.807, 2.05) is 0 Å². The molecule has 2 rings (SSSR count). The summed E-state index contributed by atoms with van der Waals surface area (Å²) in [5.41, 5.74) is 4.57. The molecule has 1 aromatic rings. The summed E-state index contributed by atoms with van der Waals surface area (Å²) in [5.74, 6) is 0.140. The topological polar surface area (TPSA) is 69.7 Å². The van der Waals surface area contributed by atoms with Crippen LogP contribution in [-0.2, 0) is 10.9 Å². The molecule has 1 aliphatic heterocycles. The Kier molecular flexibility index (Phi) is 4.01. The van der Waals surface area contributed by atoms with Crippen LogP contribution < -0.4 is 10.5 Å². The van der Waals surface area contributed by atoms with Crippen LogP contribution in [-0.4, -0.2) is 29.8 Å². The zero-order chi connectivity index (χ0) is 14.8. The summed E-state index contributed by atoms with van der Waals surface area (Å²) >= 11 is 0. The number of ether oxygens (including phenoxy) is 2. The Hall–Kier alpha value is -1.99. The van der Waals surface area contributed by atoms with Crippen molar-refractivity contribution >= 4 is 6.02 Å². The van der Waals surface area contributed by atoms with Crippen molar-refractivity contribution in [2.24, 2.45) is 10.7 Å². The molecule has 1 aromatic heterocycles. The van der Waals surface area contributed by atoms with Gasteiger partial charge in [0.15, 0.2) is 0 Å². The standard InChI is InChI=1S/C12H14F3N3O2/c1-7(4-9-6-19-11(16)18-9)20-10-3-2-8(5-17-10)12(13,14)15/h2-3,5,7,9H,4,6H2,1H3,(H2,16,18)/t7?,9-/m0/s1. The Bertz CT molecular complexity index is 488. The molecule has 0 saturated carbocycles. The van der Waals surface area contributed by atoms with E-state index in [0.717, 1.165) is 12.3 Å². The first kappa shape index (κ1) is 14.4. The lowest BCUT2D eigenvalue weighted by molar-refractivity contribution is -0.137. The average molecular weight is 289 g/mol. The second-order valence-electron chi connectivity index (χ2n) is 4.48. The first-order valence-corrected chi connectivity index (χ1v) is 6.00. The SMILES string of the molecule is CC(C[C@H]1COC(N)=N1)Oc1ccc(C(F)(F)F)cn1. The minimum Gasteiger partial charge on any atom is -0.475 e. The number of rotatable bonds is 4. The van der Waals surface area contributed by atoms with E-state index in [4.69, 9.17) is 15.2 Å². The van der Waals surface area contributed by atoms with Crippen LogP contribution in [0.5, 0.6) is 5.88 Å². The smallest absolute Gasteiger partial charge is 0.417 e. The summed E-state index contributed by atoms with van der Waals surface area (Å²) in [7, 11) is 0. The fourth-order valence-corrected chi connectivity index (χ4v) is 1.81. The van der Waals surface area contributed by atoms with E-state index in [-0.39, 0.29) is 24.0 Å². The van der Waals surface area contributed by atoms with Crippen LogP contribution in [0.25, 0.3) is 0 Å². The van der Waals surface area contributed by atoms with Gasteiger partial charge in [-0.2, -0.15) is 13.2 Å². The minimum atomic E-state index is -4.40. The lowest BCUT2D eigenvalue weighted by Gasteiger charge is -2.15. The fraction of sp³-hybridized carbons (Fsp3) is 0.500. The molecule has 5 nitrogen and oxygen atoms in total. The number of aromatic nitrogens is 1. The van der Waals surface area contributed by atoms with Crippen molar-refractivity contribution in [2.45, 2.75) is 31.7 Å². The number of aliphatic imine (C=N–C) groups is 1. The van der Waals surface area contributed by atoms with E-state index in [1.54, 1.807) is 6.92 Å². The van der Waals surface area contributed by atoms with Gasteiger partial charge in [-0.15, -0.1) is 0 Å². The van der Waals surface area contributed by atoms with E-state index < -0.39 is 11.7 Å². The normalized spacial score (nSPS) is 20.2. The van der Waals surface area contributed by atoms with Crippen LogP contribution in [0.2, 0.25) is 0 Å². The van der Waals surface area contributed by atoms with Crippen molar-refractivity contribution in [1.29, 1.82) is 0 Å². The second kappa shape index (κ2) is 5.56. The molecule has 0 saturated heterocycles. The van der Waals surface area contributed by atoms with E-state index in [9.17, 15) is 13.2 Å². The fourth-order valence-electron chi connectivity index (χ4n) is 1.81. The van der Waals surface area contributed by atoms with E-state index in [1.165, 1.54) is 6.07 Å². The van der Waals surface area contributed by atoms with Crippen LogP contribution in [0, 0.1) is 0 Å². The van der Waals surface area contributed by atoms with Crippen LogP contribution in [0.1, 0.15) is 18.9 Å². The molecule has 1 aliphatic rings. The number of nitrogens with zero attached hydrogens (tertiary/aromatic N) is 2. The maximum absolute atomic E-state index is 12.4. The molecule has 0 radical (unpaired) electrons. The third kappa shape index (κ3) is 3.75. The molecule has 0 bridgehead atoms. The van der Waals surface area contributed by atoms with Gasteiger partial charge in [0, 0.05) is 18.7 Å². The zero-order valence-corrected chi connectivity index (χ0v) is 10.7. The van der Waals surface area contributed by atoms with Gasteiger partial charge in [-0.3, -0.25) is 0 Å². The summed E-state index contributed by atoms with van der Waals surface area (Å²) in [4.78, 5) is 7.68. The van der Waals surface area contributed by atoms with Gasteiger partial charge in [0.25, 0.3) is 6.02 Å². The monoisotopic (exact) mass is 289 g/mol. The van der Waals surface area contributed by atoms with Gasteiger partial charge in [-0.25, -0.2) is 9.98 Å². The van der Waals surface area contributed by atoms with Gasteiger partial charge in [-0.1, -0.05) is 0 Å². The largest absolute Gasteiger partial charge is 0.475 e. The number of alkyl halides is 3. The lowest BCUT2D eigenvalue weighted by Crippen LogP contribution is -2.20. The van der Waals surface area contributed by atoms with Crippen LogP contribution in [0.15, 0.2) is 23.3 Å². The van der Waals surface area contributed by atoms with Gasteiger partial charge < -0.3 is 15.2 Å². The molecular formula is C12H14F3N3O2. The molecule has 0 aromatic carbocycles. The number of hydrogen-bond acceptors (Lipinski definition) is 5. The summed E-state index contributed by atoms with van der Waals surface area (Å²) in [6.45, 7) is 2.17. The van der Waals surface area contributed by atoms with Crippen molar-refractivity contribution in [3.63, 3.8) is 0 Å². The lowest BCUT2D eigenvalue weighted by atomic mass is 10.1. The molecule has 2 heterocycles. The Morgan fingerprint density at radius 2 is 2.25 bits per heavy atom. The quantitative estimate of drug-likeness (QED) is 0.920. The molecule has 8 heteroatoms. The van der Waals surface area contributed by atoms with Crippen molar-refractivity contribution in [3.05, 3.63) is 23.9 Å². The molecule has 2 atom stereocenters. The summed E-state index contributed by atoms with van der Waals surface area (Å²) in [6, 6.07) is 2.18. The molecule has 0 amide bonds. The summed E-state index contributed by atoms with van der Waals surface area (Å²) in [5, 5.41) is 0. The highest BCUT2D eigenvalue weighted by Crippen LogP contribution is 2.29. The first-order chi connectivity index (χ1) is 9.34. The maximum atomic E-state index is 12.4. The van der Waals surface area contributed by atoms with Crippen molar-refractivity contribution in [2.75, 3.05) is 6.61 Å². The number of halogens is 3. The number of pyridine rings is 1. The van der Waals surface area contributed by atoms with E-state index >= 15 is 0 Å². The third-order valence-corrected chi connectivity index (χ3v) is 2.72. The first-order valence-electron chi connectivity index (χ1n) is 6.00. The summed E-state index contributed by atoms with van der Waals surface area (Å²) in [6.07, 6.45) is -3.37. The molecule has 1 unspecified atom stereocenters. The second-order valence-corrected chi connectivity index (χ2v) is 4.48. The van der Waals surface area contributed by atoms with Gasteiger partial charge in [0.2, 0.25) is 5.88 Å². The third-order valence-electron chi connectivity index (χ3n) is 2.72. The van der Waals surface area contributed by atoms with Gasteiger partial charge in [0.1, 0.15) is 6.61 Å². The number of nitrogens with two attached hydrogens (primary N) is 1. The molecule has 20 heavy (non-hydrogen) atoms. The Morgan fingerprint density at radius 1 is 1.50 bits per heavy atom. The van der Waals surface area contributed by atoms with Crippen LogP contribution in [0.4, 0.5) is 13.2 Å². The molecular weight excluding hydrogens is 275 g/mol. The highest BCUT2D eigenvalue weighted by atomic mass is 19.4. The van der Waals surface area contributed by atoms with Crippen LogP contribution in [0.3, 0.4) is 0 Å². The van der Waals surface area contributed by atoms with Crippen molar-refractivity contribution in [1.82, 2.24) is 4.98 Å². The van der Waals surface area contributed by atoms with Crippen molar-refractivity contribution in [3.8, 4) is 5.88 Å². The Labute approximate surface area is 113 Å². The zero-order valence-electron chi connectivity index (χ0n) is 10.7. The highest BCUT2D eigenvalue weighted by Gasteiger charge is 2.30. The maximum Gasteiger partial charge on any atom is 0.417 e. The van der Waals surface area contributed by atoms with Crippen LogP contribution >= 0.6 is 0 Å². The molecule has 0 fully saturated rings. The predicted octanol–water partition coefficient (Wildman–Crippen LogP) is 1.97. The van der Waals surface area contributed by atoms with Crippen molar-refractivity contribution < 1.29 is 22.6 Å². The molecule has 110 valence electrons. The van der Waals surface area contributed by atoms with Gasteiger partial charge in [-0.05, 0) is 13.0 Å². The van der Waals surface area contributed by atoms with E-state index in [2.05, 4.69) is 9.98 Å². The van der Waals surface area contributed by atoms with Gasteiger partial charge in [0.05, 0.1) is 17.7 Å². The Balaban J connectivity index is 1.90. The molecule has 0 spiro atoms. The molecule has 2 N–H and O–H groups in total. The van der Waals surface area contributed by atoms with Gasteiger partial charge >= 0.3 is 6.18 Å². The highest BCUT2D eigenvalue weighted by molar-refractivity contribution is 5.72. The number of amidine groups is 1. The predicted molar refractivity (Wildman–Crippen MR) is 65.3 cm³/mol. The Morgan fingerprint density at radius 3 is 2.75 bits per heavy atom. The van der Waals surface area contributed by atoms with E-state index in [0.29, 0.717) is 13.0 Å². The minimum absolute atomic E-state index is 0.0977. The summed E-state index contributed by atoms with van der Waals surface area (Å²) < 4.78 is 47.5.